The number of alkyl halides is 4. The van der Waals surface area contributed by atoms with Crippen molar-refractivity contribution in [2.45, 2.75) is 90.1 Å². The number of halogens is 4. The van der Waals surface area contributed by atoms with Crippen molar-refractivity contribution in [3.8, 4) is 0 Å². The largest absolute Gasteiger partial charge is 0.416 e. The van der Waals surface area contributed by atoms with Crippen LogP contribution in [0.4, 0.5) is 13.2 Å². The van der Waals surface area contributed by atoms with Gasteiger partial charge in [0.1, 0.15) is 12.1 Å². The zero-order chi connectivity index (χ0) is 38.8. The first-order valence-corrected chi connectivity index (χ1v) is 20.2. The summed E-state index contributed by atoms with van der Waals surface area (Å²) in [5.74, 6) is -1.54. The fraction of sp³-hybridized carbons (Fsp3) is 0.421. The van der Waals surface area contributed by atoms with E-state index >= 15 is 0 Å². The number of benzene rings is 2. The molecular formula is C38H46F3IN8O3S. The third-order valence-electron chi connectivity index (χ3n) is 9.63. The SMILES string of the molecule is CN1C(=O)[C@H](CCCCN)NC(=O)[C@H](CCCN)NCc2ccncc2Sc2c(CI)ccc(C(F)(F)F)c2CNC(=O)[C@@H]1Cc1c[nH]c2ccccc12. The monoisotopic (exact) mass is 878 g/mol. The van der Waals surface area contributed by atoms with Gasteiger partial charge in [-0.25, -0.2) is 0 Å². The molecule has 5 rings (SSSR count). The molecule has 3 heterocycles. The second-order valence-electron chi connectivity index (χ2n) is 13.3. The van der Waals surface area contributed by atoms with E-state index in [1.165, 1.54) is 18.0 Å². The smallest absolute Gasteiger partial charge is 0.361 e. The molecule has 16 heteroatoms. The van der Waals surface area contributed by atoms with Gasteiger partial charge in [-0.1, -0.05) is 58.6 Å². The van der Waals surface area contributed by atoms with Gasteiger partial charge in [0.15, 0.2) is 0 Å². The predicted octanol–water partition coefficient (Wildman–Crippen LogP) is 5.18. The van der Waals surface area contributed by atoms with E-state index in [0.717, 1.165) is 34.3 Å². The second kappa shape index (κ2) is 19.2. The zero-order valence-electron chi connectivity index (χ0n) is 30.0. The molecule has 0 saturated carbocycles. The van der Waals surface area contributed by atoms with Gasteiger partial charge in [-0.3, -0.25) is 19.4 Å². The number of carbonyl (C=O) groups is 3. The predicted molar refractivity (Wildman–Crippen MR) is 212 cm³/mol. The molecule has 11 nitrogen and oxygen atoms in total. The van der Waals surface area contributed by atoms with Crippen molar-refractivity contribution in [1.82, 2.24) is 30.8 Å². The number of carbonyl (C=O) groups excluding carboxylic acids is 3. The van der Waals surface area contributed by atoms with Crippen LogP contribution >= 0.6 is 34.4 Å². The minimum absolute atomic E-state index is 0.0583. The molecule has 1 aliphatic rings. The summed E-state index contributed by atoms with van der Waals surface area (Å²) in [5, 5.41) is 9.90. The summed E-state index contributed by atoms with van der Waals surface area (Å²) in [6.45, 7) is 0.477. The third kappa shape index (κ3) is 10.1. The highest BCUT2D eigenvalue weighted by Crippen LogP contribution is 2.42. The quantitative estimate of drug-likeness (QED) is 0.0720. The number of unbranched alkanes of at least 4 members (excludes halogenated alkanes) is 1. The van der Waals surface area contributed by atoms with Crippen LogP contribution < -0.4 is 27.4 Å². The molecule has 1 aliphatic heterocycles. The maximum absolute atomic E-state index is 14.7. The molecule has 0 saturated heterocycles. The van der Waals surface area contributed by atoms with Crippen LogP contribution in [0, 0.1) is 0 Å². The molecule has 8 N–H and O–H groups in total. The average molecular weight is 879 g/mol. The number of nitrogens with two attached hydrogens (primary N) is 2. The minimum atomic E-state index is -4.72. The van der Waals surface area contributed by atoms with E-state index in [0.29, 0.717) is 64.1 Å². The molecule has 290 valence electrons. The summed E-state index contributed by atoms with van der Waals surface area (Å²) in [6, 6.07) is 8.90. The average Bonchev–Trinajstić information content (AvgIpc) is 3.57. The topological polar surface area (TPSA) is 171 Å². The maximum Gasteiger partial charge on any atom is 0.416 e. The molecule has 54 heavy (non-hydrogen) atoms. The van der Waals surface area contributed by atoms with E-state index in [1.54, 1.807) is 24.7 Å². The summed E-state index contributed by atoms with van der Waals surface area (Å²) in [6.07, 6.45) is 2.59. The molecule has 0 fully saturated rings. The molecular weight excluding hydrogens is 832 g/mol. The van der Waals surface area contributed by atoms with Crippen LogP contribution in [0.2, 0.25) is 0 Å². The lowest BCUT2D eigenvalue weighted by Crippen LogP contribution is -2.57. The summed E-state index contributed by atoms with van der Waals surface area (Å²) in [4.78, 5) is 52.5. The number of rotatable bonds is 10. The highest BCUT2D eigenvalue weighted by atomic mass is 127. The van der Waals surface area contributed by atoms with Crippen LogP contribution in [0.5, 0.6) is 0 Å². The number of pyridine rings is 1. The molecule has 3 atom stereocenters. The Kier molecular flexibility index (Phi) is 14.8. The highest BCUT2D eigenvalue weighted by Gasteiger charge is 2.37. The van der Waals surface area contributed by atoms with E-state index in [1.807, 2.05) is 24.3 Å². The van der Waals surface area contributed by atoms with E-state index < -0.39 is 54.1 Å². The van der Waals surface area contributed by atoms with Gasteiger partial charge in [0.05, 0.1) is 11.6 Å². The van der Waals surface area contributed by atoms with Crippen LogP contribution in [-0.2, 0) is 44.5 Å². The number of nitrogens with one attached hydrogen (secondary N) is 4. The van der Waals surface area contributed by atoms with Crippen molar-refractivity contribution in [3.05, 3.63) is 88.9 Å². The Balaban J connectivity index is 1.64. The number of aromatic amines is 1. The van der Waals surface area contributed by atoms with Crippen LogP contribution in [0.1, 0.15) is 59.9 Å². The van der Waals surface area contributed by atoms with Crippen molar-refractivity contribution < 1.29 is 27.6 Å². The number of fused-ring (bicyclic) bond motifs is 3. The molecule has 4 aromatic rings. The van der Waals surface area contributed by atoms with E-state index in [2.05, 4.69) is 48.5 Å². The Morgan fingerprint density at radius 3 is 2.44 bits per heavy atom. The molecule has 3 amide bonds. The summed E-state index contributed by atoms with van der Waals surface area (Å²) in [7, 11) is 1.49. The first-order valence-electron chi connectivity index (χ1n) is 17.9. The Labute approximate surface area is 330 Å². The lowest BCUT2D eigenvalue weighted by molar-refractivity contribution is -0.142. The van der Waals surface area contributed by atoms with Crippen molar-refractivity contribution in [3.63, 3.8) is 0 Å². The molecule has 0 radical (unpaired) electrons. The van der Waals surface area contributed by atoms with E-state index in [4.69, 9.17) is 11.5 Å². The first kappa shape index (κ1) is 41.5. The van der Waals surface area contributed by atoms with Gasteiger partial charge in [0.2, 0.25) is 17.7 Å². The van der Waals surface area contributed by atoms with Gasteiger partial charge < -0.3 is 37.3 Å². The van der Waals surface area contributed by atoms with Gasteiger partial charge in [-0.05, 0) is 85.6 Å². The third-order valence-corrected chi connectivity index (χ3v) is 11.8. The fourth-order valence-electron chi connectivity index (χ4n) is 6.62. The Hall–Kier alpha value is -3.71. The van der Waals surface area contributed by atoms with Crippen LogP contribution in [0.15, 0.2) is 70.8 Å². The normalized spacial score (nSPS) is 19.2. The van der Waals surface area contributed by atoms with E-state index in [-0.39, 0.29) is 24.9 Å². The molecule has 0 bridgehead atoms. The molecule has 0 aliphatic carbocycles. The molecule has 2 aromatic heterocycles. The zero-order valence-corrected chi connectivity index (χ0v) is 33.0. The Morgan fingerprint density at radius 1 is 0.944 bits per heavy atom. The Morgan fingerprint density at radius 2 is 1.70 bits per heavy atom. The van der Waals surface area contributed by atoms with Gasteiger partial charge in [-0.15, -0.1) is 0 Å². The van der Waals surface area contributed by atoms with Crippen LogP contribution in [0.25, 0.3) is 10.9 Å². The van der Waals surface area contributed by atoms with Crippen molar-refractivity contribution in [1.29, 1.82) is 0 Å². The van der Waals surface area contributed by atoms with Crippen LogP contribution in [0.3, 0.4) is 0 Å². The van der Waals surface area contributed by atoms with Gasteiger partial charge in [0, 0.05) is 70.3 Å². The van der Waals surface area contributed by atoms with Crippen molar-refractivity contribution in [2.75, 3.05) is 20.1 Å². The fourth-order valence-corrected chi connectivity index (χ4v) is 8.69. The van der Waals surface area contributed by atoms with Crippen molar-refractivity contribution in [2.24, 2.45) is 11.5 Å². The summed E-state index contributed by atoms with van der Waals surface area (Å²) in [5.41, 5.74) is 13.6. The van der Waals surface area contributed by atoms with Gasteiger partial charge in [-0.2, -0.15) is 13.2 Å². The Bertz CT molecular complexity index is 1930. The standard InChI is InChI=1S/C38H46F3IN8O3S/c1-50-32(17-25-20-46-29-8-3-2-7-26(25)29)36(52)48-21-27-28(38(39,40)41)12-11-23(18-42)34(27)54-33-22-45-16-13-24(33)19-47-30(10-6-15-44)35(51)49-31(37(50)53)9-4-5-14-43/h2-3,7-8,11-13,16,20,22,30-32,46-47H,4-6,9-10,14-15,17-19,21,43-44H2,1H3,(H,48,52)(H,49,51)/t30-,31-,32-/m0/s1. The number of para-hydroxylation sites is 1. The first-order chi connectivity index (χ1) is 26.0. The van der Waals surface area contributed by atoms with Gasteiger partial charge in [0.25, 0.3) is 0 Å². The van der Waals surface area contributed by atoms with Crippen molar-refractivity contribution >= 4 is 63.0 Å². The number of likely N-dealkylation sites (N-methyl/N-ethyl adjacent to an activating group) is 1. The second-order valence-corrected chi connectivity index (χ2v) is 15.1. The lowest BCUT2D eigenvalue weighted by atomic mass is 10.00. The van der Waals surface area contributed by atoms with Gasteiger partial charge >= 0.3 is 6.18 Å². The molecule has 0 unspecified atom stereocenters. The van der Waals surface area contributed by atoms with Crippen LogP contribution in [-0.4, -0.2) is 70.9 Å². The number of nitrogens with zero attached hydrogens (tertiary/aromatic N) is 2. The lowest BCUT2D eigenvalue weighted by Gasteiger charge is -2.32. The number of hydrogen-bond acceptors (Lipinski definition) is 8. The maximum atomic E-state index is 14.7. The molecule has 0 spiro atoms. The van der Waals surface area contributed by atoms with E-state index in [9.17, 15) is 27.6 Å². The number of H-pyrrole nitrogens is 1. The highest BCUT2D eigenvalue weighted by molar-refractivity contribution is 14.1. The minimum Gasteiger partial charge on any atom is -0.361 e. The summed E-state index contributed by atoms with van der Waals surface area (Å²) >= 11 is 3.26. The summed E-state index contributed by atoms with van der Waals surface area (Å²) < 4.78 is 44.5. The molecule has 2 aromatic carbocycles. The number of aromatic nitrogens is 2. The number of amides is 3. The number of hydrogen-bond donors (Lipinski definition) is 6.